The molecule has 1 aliphatic carbocycles. The molecule has 2 unspecified atom stereocenters. The third-order valence-electron chi connectivity index (χ3n) is 3.45. The summed E-state index contributed by atoms with van der Waals surface area (Å²) in [4.78, 5) is 0. The van der Waals surface area contributed by atoms with Gasteiger partial charge >= 0.3 is 0 Å². The summed E-state index contributed by atoms with van der Waals surface area (Å²) in [5, 5.41) is 3.21. The molecule has 17 heavy (non-hydrogen) atoms. The molecule has 0 radical (unpaired) electrons. The zero-order valence-corrected chi connectivity index (χ0v) is 12.2. The summed E-state index contributed by atoms with van der Waals surface area (Å²) in [6, 6.07) is 0.172. The minimum atomic E-state index is -2.94. The van der Waals surface area contributed by atoms with Gasteiger partial charge in [-0.05, 0) is 25.3 Å². The van der Waals surface area contributed by atoms with Crippen molar-refractivity contribution in [3.63, 3.8) is 0 Å². The van der Waals surface area contributed by atoms with Crippen molar-refractivity contribution >= 4 is 9.84 Å². The van der Waals surface area contributed by atoms with Crippen molar-refractivity contribution in [2.45, 2.75) is 64.2 Å². The molecule has 1 fully saturated rings. The van der Waals surface area contributed by atoms with Crippen LogP contribution in [-0.4, -0.2) is 32.0 Å². The molecular formula is C13H27NO2S. The lowest BCUT2D eigenvalue weighted by atomic mass is 10.1. The van der Waals surface area contributed by atoms with E-state index in [9.17, 15) is 8.42 Å². The Bertz CT molecular complexity index is 311. The highest BCUT2D eigenvalue weighted by atomic mass is 32.2. The predicted molar refractivity (Wildman–Crippen MR) is 73.0 cm³/mol. The van der Waals surface area contributed by atoms with Crippen LogP contribution in [0.15, 0.2) is 0 Å². The molecule has 2 atom stereocenters. The summed E-state index contributed by atoms with van der Waals surface area (Å²) in [6.45, 7) is 6.88. The summed E-state index contributed by atoms with van der Waals surface area (Å²) >= 11 is 0. The maximum atomic E-state index is 12.4. The fraction of sp³-hybridized carbons (Fsp3) is 1.00. The molecule has 0 saturated heterocycles. The SMILES string of the molecule is CCNC1CCCCCC1S(=O)(=O)CC(C)C. The van der Waals surface area contributed by atoms with Crippen molar-refractivity contribution in [2.75, 3.05) is 12.3 Å². The van der Waals surface area contributed by atoms with Crippen LogP contribution in [0, 0.1) is 5.92 Å². The smallest absolute Gasteiger partial charge is 0.154 e. The lowest BCUT2D eigenvalue weighted by Gasteiger charge is -2.26. The van der Waals surface area contributed by atoms with Gasteiger partial charge in [-0.15, -0.1) is 0 Å². The molecule has 0 spiro atoms. The van der Waals surface area contributed by atoms with Crippen LogP contribution in [0.4, 0.5) is 0 Å². The Hall–Kier alpha value is -0.0900. The van der Waals surface area contributed by atoms with Gasteiger partial charge in [-0.3, -0.25) is 0 Å². The Balaban J connectivity index is 2.80. The van der Waals surface area contributed by atoms with E-state index in [0.29, 0.717) is 5.75 Å². The first-order valence-corrected chi connectivity index (χ1v) is 8.64. The van der Waals surface area contributed by atoms with Crippen molar-refractivity contribution in [1.82, 2.24) is 5.32 Å². The van der Waals surface area contributed by atoms with Crippen molar-refractivity contribution in [3.8, 4) is 0 Å². The molecule has 1 saturated carbocycles. The number of hydrogen-bond donors (Lipinski definition) is 1. The van der Waals surface area contributed by atoms with Gasteiger partial charge < -0.3 is 5.32 Å². The normalized spacial score (nSPS) is 27.1. The van der Waals surface area contributed by atoms with Gasteiger partial charge in [0.05, 0.1) is 11.0 Å². The van der Waals surface area contributed by atoms with Gasteiger partial charge in [0.25, 0.3) is 0 Å². The lowest BCUT2D eigenvalue weighted by molar-refractivity contribution is 0.457. The quantitative estimate of drug-likeness (QED) is 0.773. The summed E-state index contributed by atoms with van der Waals surface area (Å²) in [5.41, 5.74) is 0. The molecule has 0 aromatic carbocycles. The van der Waals surface area contributed by atoms with E-state index in [1.165, 1.54) is 6.42 Å². The molecule has 4 heteroatoms. The maximum Gasteiger partial charge on any atom is 0.154 e. The number of nitrogens with one attached hydrogen (secondary N) is 1. The highest BCUT2D eigenvalue weighted by Crippen LogP contribution is 2.25. The topological polar surface area (TPSA) is 46.2 Å². The van der Waals surface area contributed by atoms with E-state index in [1.807, 2.05) is 13.8 Å². The van der Waals surface area contributed by atoms with Crippen LogP contribution in [0.2, 0.25) is 0 Å². The van der Waals surface area contributed by atoms with Gasteiger partial charge in [0.2, 0.25) is 0 Å². The summed E-state index contributed by atoms with van der Waals surface area (Å²) in [6.07, 6.45) is 5.24. The third kappa shape index (κ3) is 4.59. The van der Waals surface area contributed by atoms with Crippen molar-refractivity contribution in [1.29, 1.82) is 0 Å². The van der Waals surface area contributed by atoms with Crippen molar-refractivity contribution < 1.29 is 8.42 Å². The third-order valence-corrected chi connectivity index (χ3v) is 6.06. The Kier molecular flexibility index (Phi) is 5.93. The minimum Gasteiger partial charge on any atom is -0.313 e. The zero-order valence-electron chi connectivity index (χ0n) is 11.4. The van der Waals surface area contributed by atoms with E-state index in [4.69, 9.17) is 0 Å². The first-order valence-electron chi connectivity index (χ1n) is 6.92. The van der Waals surface area contributed by atoms with E-state index in [0.717, 1.165) is 32.2 Å². The van der Waals surface area contributed by atoms with Crippen LogP contribution in [0.5, 0.6) is 0 Å². The Morgan fingerprint density at radius 2 is 1.82 bits per heavy atom. The zero-order chi connectivity index (χ0) is 12.9. The Morgan fingerprint density at radius 1 is 1.18 bits per heavy atom. The fourth-order valence-electron chi connectivity index (χ4n) is 2.79. The summed E-state index contributed by atoms with van der Waals surface area (Å²) < 4.78 is 24.8. The van der Waals surface area contributed by atoms with Crippen LogP contribution < -0.4 is 5.32 Å². The highest BCUT2D eigenvalue weighted by Gasteiger charge is 2.33. The van der Waals surface area contributed by atoms with E-state index in [1.54, 1.807) is 0 Å². The molecule has 3 nitrogen and oxygen atoms in total. The standard InChI is InChI=1S/C13H27NO2S/c1-4-14-12-8-6-5-7-9-13(12)17(15,16)10-11(2)3/h11-14H,4-10H2,1-3H3. The molecule has 0 heterocycles. The minimum absolute atomic E-state index is 0.160. The van der Waals surface area contributed by atoms with Crippen LogP contribution in [-0.2, 0) is 9.84 Å². The molecule has 1 rings (SSSR count). The van der Waals surface area contributed by atoms with Gasteiger partial charge in [-0.2, -0.15) is 0 Å². The largest absolute Gasteiger partial charge is 0.313 e. The van der Waals surface area contributed by atoms with E-state index < -0.39 is 9.84 Å². The van der Waals surface area contributed by atoms with Crippen LogP contribution >= 0.6 is 0 Å². The number of sulfone groups is 1. The molecule has 1 N–H and O–H groups in total. The lowest BCUT2D eigenvalue weighted by Crippen LogP contribution is -2.44. The van der Waals surface area contributed by atoms with Gasteiger partial charge in [0.15, 0.2) is 9.84 Å². The molecule has 0 aliphatic heterocycles. The number of rotatable bonds is 5. The maximum absolute atomic E-state index is 12.4. The van der Waals surface area contributed by atoms with Gasteiger partial charge in [-0.1, -0.05) is 40.0 Å². The number of hydrogen-bond acceptors (Lipinski definition) is 3. The molecule has 1 aliphatic rings. The second-order valence-corrected chi connectivity index (χ2v) is 7.83. The summed E-state index contributed by atoms with van der Waals surface area (Å²) in [7, 11) is -2.94. The molecule has 0 bridgehead atoms. The summed E-state index contributed by atoms with van der Waals surface area (Å²) in [5.74, 6) is 0.560. The molecule has 0 aromatic heterocycles. The van der Waals surface area contributed by atoms with Gasteiger partial charge in [-0.25, -0.2) is 8.42 Å². The average molecular weight is 261 g/mol. The van der Waals surface area contributed by atoms with Crippen molar-refractivity contribution in [2.24, 2.45) is 5.92 Å². The van der Waals surface area contributed by atoms with E-state index >= 15 is 0 Å². The second-order valence-electron chi connectivity index (χ2n) is 5.56. The predicted octanol–water partition coefficient (Wildman–Crippen LogP) is 2.37. The van der Waals surface area contributed by atoms with Crippen LogP contribution in [0.1, 0.15) is 52.9 Å². The fourth-order valence-corrected chi connectivity index (χ4v) is 5.22. The van der Waals surface area contributed by atoms with Crippen LogP contribution in [0.3, 0.4) is 0 Å². The monoisotopic (exact) mass is 261 g/mol. The van der Waals surface area contributed by atoms with E-state index in [2.05, 4.69) is 12.2 Å². The molecule has 0 amide bonds. The first kappa shape index (κ1) is 15.0. The first-order chi connectivity index (χ1) is 7.97. The van der Waals surface area contributed by atoms with Crippen molar-refractivity contribution in [3.05, 3.63) is 0 Å². The Morgan fingerprint density at radius 3 is 2.41 bits per heavy atom. The molecule has 102 valence electrons. The van der Waals surface area contributed by atoms with Gasteiger partial charge in [0, 0.05) is 6.04 Å². The highest BCUT2D eigenvalue weighted by molar-refractivity contribution is 7.92. The average Bonchev–Trinajstić information content (AvgIpc) is 2.42. The molecular weight excluding hydrogens is 234 g/mol. The second kappa shape index (κ2) is 6.74. The molecule has 0 aromatic rings. The van der Waals surface area contributed by atoms with E-state index in [-0.39, 0.29) is 17.2 Å². The Labute approximate surface area is 106 Å². The van der Waals surface area contributed by atoms with Crippen LogP contribution in [0.25, 0.3) is 0 Å². The van der Waals surface area contributed by atoms with Gasteiger partial charge in [0.1, 0.15) is 0 Å².